The van der Waals surface area contributed by atoms with Gasteiger partial charge in [-0.05, 0) is 30.9 Å². The third-order valence-electron chi connectivity index (χ3n) is 5.12. The van der Waals surface area contributed by atoms with Crippen LogP contribution >= 0.6 is 0 Å². The SMILES string of the molecule is CCNC(=NCc1ccc(OCC(F)(F)F)nc1)NC1CCN(Cc2ccccc2)CC1. The highest BCUT2D eigenvalue weighted by molar-refractivity contribution is 5.80. The van der Waals surface area contributed by atoms with Crippen molar-refractivity contribution in [3.8, 4) is 5.88 Å². The van der Waals surface area contributed by atoms with Crippen molar-refractivity contribution in [2.24, 2.45) is 4.99 Å². The van der Waals surface area contributed by atoms with Gasteiger partial charge in [0.15, 0.2) is 12.6 Å². The molecule has 0 bridgehead atoms. The van der Waals surface area contributed by atoms with Crippen molar-refractivity contribution < 1.29 is 17.9 Å². The lowest BCUT2D eigenvalue weighted by atomic mass is 10.0. The smallest absolute Gasteiger partial charge is 0.422 e. The molecule has 1 aromatic heterocycles. The van der Waals surface area contributed by atoms with Gasteiger partial charge in [-0.3, -0.25) is 4.90 Å². The molecule has 6 nitrogen and oxygen atoms in total. The van der Waals surface area contributed by atoms with Gasteiger partial charge in [0, 0.05) is 44.5 Å². The Bertz CT molecular complexity index is 835. The van der Waals surface area contributed by atoms with E-state index >= 15 is 0 Å². The van der Waals surface area contributed by atoms with E-state index in [0.29, 0.717) is 12.6 Å². The number of pyridine rings is 1. The van der Waals surface area contributed by atoms with Crippen molar-refractivity contribution in [2.75, 3.05) is 26.2 Å². The molecule has 0 unspecified atom stereocenters. The van der Waals surface area contributed by atoms with Crippen LogP contribution in [0.25, 0.3) is 0 Å². The Hall–Kier alpha value is -2.81. The third kappa shape index (κ3) is 8.37. The number of nitrogens with zero attached hydrogens (tertiary/aromatic N) is 3. The van der Waals surface area contributed by atoms with Gasteiger partial charge in [-0.1, -0.05) is 36.4 Å². The fraction of sp³-hybridized carbons (Fsp3) is 0.478. The number of alkyl halides is 3. The molecule has 9 heteroatoms. The lowest BCUT2D eigenvalue weighted by Gasteiger charge is -2.33. The van der Waals surface area contributed by atoms with Crippen LogP contribution in [0.2, 0.25) is 0 Å². The largest absolute Gasteiger partial charge is 0.468 e. The molecule has 174 valence electrons. The Morgan fingerprint density at radius 3 is 2.50 bits per heavy atom. The molecule has 0 radical (unpaired) electrons. The maximum absolute atomic E-state index is 12.2. The predicted molar refractivity (Wildman–Crippen MR) is 118 cm³/mol. The van der Waals surface area contributed by atoms with Crippen LogP contribution in [0.5, 0.6) is 5.88 Å². The normalized spacial score (nSPS) is 16.1. The van der Waals surface area contributed by atoms with Gasteiger partial charge < -0.3 is 15.4 Å². The van der Waals surface area contributed by atoms with Crippen molar-refractivity contribution >= 4 is 5.96 Å². The number of hydrogen-bond acceptors (Lipinski definition) is 4. The molecule has 0 atom stereocenters. The minimum absolute atomic E-state index is 0.0534. The fourth-order valence-electron chi connectivity index (χ4n) is 3.51. The van der Waals surface area contributed by atoms with E-state index in [2.05, 4.69) is 54.5 Å². The van der Waals surface area contributed by atoms with Crippen LogP contribution in [-0.2, 0) is 13.1 Å². The average Bonchev–Trinajstić information content (AvgIpc) is 2.78. The van der Waals surface area contributed by atoms with E-state index in [0.717, 1.165) is 50.5 Å². The molecule has 1 aliphatic rings. The number of nitrogens with one attached hydrogen (secondary N) is 2. The monoisotopic (exact) mass is 449 g/mol. The molecular weight excluding hydrogens is 419 g/mol. The first kappa shape index (κ1) is 23.8. The topological polar surface area (TPSA) is 61.8 Å². The van der Waals surface area contributed by atoms with Gasteiger partial charge in [-0.25, -0.2) is 9.98 Å². The highest BCUT2D eigenvalue weighted by Crippen LogP contribution is 2.17. The van der Waals surface area contributed by atoms with Crippen LogP contribution in [0, 0.1) is 0 Å². The second kappa shape index (κ2) is 11.7. The van der Waals surface area contributed by atoms with Crippen LogP contribution in [0.4, 0.5) is 13.2 Å². The van der Waals surface area contributed by atoms with Crippen LogP contribution < -0.4 is 15.4 Å². The van der Waals surface area contributed by atoms with Crippen molar-refractivity contribution in [3.63, 3.8) is 0 Å². The Balaban J connectivity index is 1.46. The summed E-state index contributed by atoms with van der Waals surface area (Å²) in [5.74, 6) is 0.675. The van der Waals surface area contributed by atoms with Crippen LogP contribution in [0.3, 0.4) is 0 Å². The average molecular weight is 450 g/mol. The molecule has 2 heterocycles. The first-order chi connectivity index (χ1) is 15.4. The third-order valence-corrected chi connectivity index (χ3v) is 5.12. The summed E-state index contributed by atoms with van der Waals surface area (Å²) in [4.78, 5) is 11.0. The van der Waals surface area contributed by atoms with Gasteiger partial charge in [0.2, 0.25) is 5.88 Å². The first-order valence-corrected chi connectivity index (χ1v) is 10.9. The van der Waals surface area contributed by atoms with E-state index in [4.69, 9.17) is 0 Å². The molecule has 2 aromatic rings. The summed E-state index contributed by atoms with van der Waals surface area (Å²) in [6, 6.07) is 13.9. The van der Waals surface area contributed by atoms with Crippen molar-refractivity contribution in [1.29, 1.82) is 0 Å². The molecule has 0 aliphatic carbocycles. The molecule has 0 spiro atoms. The Morgan fingerprint density at radius 1 is 1.12 bits per heavy atom. The number of benzene rings is 1. The predicted octanol–water partition coefficient (Wildman–Crippen LogP) is 3.74. The van der Waals surface area contributed by atoms with E-state index in [1.807, 2.05) is 13.0 Å². The molecule has 1 saturated heterocycles. The van der Waals surface area contributed by atoms with Gasteiger partial charge >= 0.3 is 6.18 Å². The van der Waals surface area contributed by atoms with E-state index in [1.54, 1.807) is 6.07 Å². The molecule has 1 fully saturated rings. The maximum Gasteiger partial charge on any atom is 0.422 e. The van der Waals surface area contributed by atoms with E-state index in [-0.39, 0.29) is 5.88 Å². The molecule has 1 aliphatic heterocycles. The summed E-state index contributed by atoms with van der Waals surface area (Å²) in [5, 5.41) is 6.76. The minimum Gasteiger partial charge on any atom is -0.468 e. The summed E-state index contributed by atoms with van der Waals surface area (Å²) in [7, 11) is 0. The van der Waals surface area contributed by atoms with Crippen molar-refractivity contribution in [3.05, 3.63) is 59.8 Å². The highest BCUT2D eigenvalue weighted by Gasteiger charge is 2.28. The van der Waals surface area contributed by atoms with E-state index < -0.39 is 12.8 Å². The fourth-order valence-corrected chi connectivity index (χ4v) is 3.51. The Labute approximate surface area is 186 Å². The Kier molecular flexibility index (Phi) is 8.72. The number of rotatable bonds is 8. The maximum atomic E-state index is 12.2. The number of halogens is 3. The summed E-state index contributed by atoms with van der Waals surface area (Å²) in [6.45, 7) is 4.78. The summed E-state index contributed by atoms with van der Waals surface area (Å²) >= 11 is 0. The van der Waals surface area contributed by atoms with E-state index in [9.17, 15) is 13.2 Å². The highest BCUT2D eigenvalue weighted by atomic mass is 19.4. The van der Waals surface area contributed by atoms with Gasteiger partial charge in [-0.2, -0.15) is 13.2 Å². The zero-order valence-electron chi connectivity index (χ0n) is 18.2. The van der Waals surface area contributed by atoms with Crippen LogP contribution in [-0.4, -0.2) is 54.3 Å². The number of likely N-dealkylation sites (tertiary alicyclic amines) is 1. The van der Waals surface area contributed by atoms with Crippen LogP contribution in [0.1, 0.15) is 30.9 Å². The second-order valence-electron chi connectivity index (χ2n) is 7.78. The quantitative estimate of drug-likeness (QED) is 0.475. The van der Waals surface area contributed by atoms with Crippen molar-refractivity contribution in [1.82, 2.24) is 20.5 Å². The summed E-state index contributed by atoms with van der Waals surface area (Å²) < 4.78 is 41.3. The zero-order valence-corrected chi connectivity index (χ0v) is 18.2. The number of ether oxygens (including phenoxy) is 1. The summed E-state index contributed by atoms with van der Waals surface area (Å²) in [5.41, 5.74) is 2.12. The van der Waals surface area contributed by atoms with Gasteiger partial charge in [-0.15, -0.1) is 0 Å². The van der Waals surface area contributed by atoms with Gasteiger partial charge in [0.05, 0.1) is 6.54 Å². The number of aromatic nitrogens is 1. The van der Waals surface area contributed by atoms with Crippen molar-refractivity contribution in [2.45, 2.75) is 45.1 Å². The number of piperidine rings is 1. The number of hydrogen-bond donors (Lipinski definition) is 2. The minimum atomic E-state index is -4.38. The van der Waals surface area contributed by atoms with E-state index in [1.165, 1.54) is 17.8 Å². The molecular formula is C23H30F3N5O. The Morgan fingerprint density at radius 2 is 1.88 bits per heavy atom. The first-order valence-electron chi connectivity index (χ1n) is 10.9. The summed E-state index contributed by atoms with van der Waals surface area (Å²) in [6.07, 6.45) is -0.830. The standard InChI is InChI=1S/C23H30F3N5O/c1-2-27-22(29-15-19-8-9-21(28-14-19)32-17-23(24,25)26)30-20-10-12-31(13-11-20)16-18-6-4-3-5-7-18/h3-9,14,20H,2,10-13,15-17H2,1H3,(H2,27,29,30). The molecule has 32 heavy (non-hydrogen) atoms. The lowest BCUT2D eigenvalue weighted by Crippen LogP contribution is -2.48. The zero-order chi connectivity index (χ0) is 22.8. The number of aliphatic imine (C=N–C) groups is 1. The van der Waals surface area contributed by atoms with Gasteiger partial charge in [0.1, 0.15) is 0 Å². The molecule has 2 N–H and O–H groups in total. The van der Waals surface area contributed by atoms with Gasteiger partial charge in [0.25, 0.3) is 0 Å². The molecule has 3 rings (SSSR count). The molecule has 0 saturated carbocycles. The van der Waals surface area contributed by atoms with Crippen LogP contribution in [0.15, 0.2) is 53.7 Å². The lowest BCUT2D eigenvalue weighted by molar-refractivity contribution is -0.154. The molecule has 0 amide bonds. The number of guanidine groups is 1. The molecule has 1 aromatic carbocycles. The second-order valence-corrected chi connectivity index (χ2v) is 7.78.